The summed E-state index contributed by atoms with van der Waals surface area (Å²) in [5.41, 5.74) is -0.0987. The molecule has 1 atom stereocenters. The third-order valence-corrected chi connectivity index (χ3v) is 4.91. The van der Waals surface area contributed by atoms with Crippen LogP contribution in [0.25, 0.3) is 0 Å². The first-order chi connectivity index (χ1) is 8.56. The lowest BCUT2D eigenvalue weighted by Gasteiger charge is -2.40. The quantitative estimate of drug-likeness (QED) is 0.766. The van der Waals surface area contributed by atoms with Gasteiger partial charge in [0.1, 0.15) is 0 Å². The predicted octanol–water partition coefficient (Wildman–Crippen LogP) is 0.618. The summed E-state index contributed by atoms with van der Waals surface area (Å²) in [6.45, 7) is 0.606. The van der Waals surface area contributed by atoms with Crippen molar-refractivity contribution < 1.29 is 19.5 Å². The molecule has 2 N–H and O–H groups in total. The van der Waals surface area contributed by atoms with Crippen LogP contribution in [0.3, 0.4) is 0 Å². The van der Waals surface area contributed by atoms with Crippen LogP contribution in [0, 0.1) is 0 Å². The molecule has 7 heteroatoms. The zero-order valence-electron chi connectivity index (χ0n) is 10.1. The van der Waals surface area contributed by atoms with Crippen molar-refractivity contribution >= 4 is 29.4 Å². The van der Waals surface area contributed by atoms with E-state index in [2.05, 4.69) is 10.5 Å². The number of thioether (sulfide) groups is 1. The number of oxime groups is 1. The highest BCUT2D eigenvalue weighted by molar-refractivity contribution is 8.00. The molecule has 2 aliphatic rings. The first-order valence-electron chi connectivity index (χ1n) is 5.85. The van der Waals surface area contributed by atoms with Crippen LogP contribution in [-0.4, -0.2) is 46.3 Å². The SMILES string of the molecule is CSC1(CNC(=O)C2CC(C(=O)O)=NO2)CCC1. The molecule has 0 radical (unpaired) electrons. The average molecular weight is 272 g/mol. The van der Waals surface area contributed by atoms with Crippen molar-refractivity contribution in [1.82, 2.24) is 5.32 Å². The summed E-state index contributed by atoms with van der Waals surface area (Å²) in [5, 5.41) is 14.9. The number of carbonyl (C=O) groups is 2. The molecule has 0 spiro atoms. The second-order valence-corrected chi connectivity index (χ2v) is 5.87. The second kappa shape index (κ2) is 5.17. The standard InChI is InChI=1S/C11H16N2O4S/c1-18-11(3-2-4-11)6-12-9(14)8-5-7(10(15)16)13-17-8/h8H,2-6H2,1H3,(H,12,14)(H,15,16). The van der Waals surface area contributed by atoms with Crippen molar-refractivity contribution in [2.75, 3.05) is 12.8 Å². The van der Waals surface area contributed by atoms with E-state index in [0.29, 0.717) is 6.54 Å². The predicted molar refractivity (Wildman–Crippen MR) is 67.7 cm³/mol. The first kappa shape index (κ1) is 13.2. The van der Waals surface area contributed by atoms with Crippen molar-refractivity contribution in [3.8, 4) is 0 Å². The Balaban J connectivity index is 1.78. The number of amides is 1. The van der Waals surface area contributed by atoms with Gasteiger partial charge in [-0.2, -0.15) is 11.8 Å². The fourth-order valence-electron chi connectivity index (χ4n) is 2.03. The van der Waals surface area contributed by atoms with Crippen molar-refractivity contribution in [1.29, 1.82) is 0 Å². The molecule has 0 saturated heterocycles. The minimum absolute atomic E-state index is 0.0352. The van der Waals surface area contributed by atoms with E-state index < -0.39 is 12.1 Å². The lowest BCUT2D eigenvalue weighted by atomic mass is 9.84. The van der Waals surface area contributed by atoms with Crippen molar-refractivity contribution in [2.45, 2.75) is 36.5 Å². The average Bonchev–Trinajstić information content (AvgIpc) is 2.77. The van der Waals surface area contributed by atoms with E-state index in [4.69, 9.17) is 9.94 Å². The fourth-order valence-corrected chi connectivity index (χ4v) is 2.94. The summed E-state index contributed by atoms with van der Waals surface area (Å²) in [4.78, 5) is 27.3. The zero-order chi connectivity index (χ0) is 13.2. The van der Waals surface area contributed by atoms with Gasteiger partial charge in [-0.3, -0.25) is 4.79 Å². The Morgan fingerprint density at radius 1 is 1.61 bits per heavy atom. The van der Waals surface area contributed by atoms with Gasteiger partial charge in [0.15, 0.2) is 5.71 Å². The van der Waals surface area contributed by atoms with Crippen LogP contribution in [0.2, 0.25) is 0 Å². The van der Waals surface area contributed by atoms with Gasteiger partial charge in [-0.05, 0) is 19.1 Å². The Morgan fingerprint density at radius 2 is 2.33 bits per heavy atom. The molecule has 1 saturated carbocycles. The van der Waals surface area contributed by atoms with Gasteiger partial charge >= 0.3 is 5.97 Å². The number of carboxylic acids is 1. The highest BCUT2D eigenvalue weighted by atomic mass is 32.2. The van der Waals surface area contributed by atoms with Crippen LogP contribution in [0.4, 0.5) is 0 Å². The van der Waals surface area contributed by atoms with Crippen LogP contribution < -0.4 is 5.32 Å². The molecule has 6 nitrogen and oxygen atoms in total. The Hall–Kier alpha value is -1.24. The number of aliphatic carboxylic acids is 1. The number of carboxylic acid groups (broad SMARTS) is 1. The molecule has 0 aromatic carbocycles. The van der Waals surface area contributed by atoms with E-state index >= 15 is 0 Å². The molecular formula is C11H16N2O4S. The molecule has 1 heterocycles. The Kier molecular flexibility index (Phi) is 3.79. The van der Waals surface area contributed by atoms with Gasteiger partial charge < -0.3 is 15.3 Å². The molecule has 100 valence electrons. The number of hydrogen-bond acceptors (Lipinski definition) is 5. The Morgan fingerprint density at radius 3 is 2.78 bits per heavy atom. The number of hydrogen-bond donors (Lipinski definition) is 2. The van der Waals surface area contributed by atoms with Gasteiger partial charge in [0.05, 0.1) is 0 Å². The lowest BCUT2D eigenvalue weighted by Crippen LogP contribution is -2.47. The summed E-state index contributed by atoms with van der Waals surface area (Å²) in [7, 11) is 0. The maximum atomic E-state index is 11.8. The maximum absolute atomic E-state index is 11.8. The monoisotopic (exact) mass is 272 g/mol. The van der Waals surface area contributed by atoms with E-state index in [1.165, 1.54) is 6.42 Å². The molecule has 2 rings (SSSR count). The largest absolute Gasteiger partial charge is 0.477 e. The van der Waals surface area contributed by atoms with Crippen LogP contribution in [-0.2, 0) is 14.4 Å². The van der Waals surface area contributed by atoms with Crippen LogP contribution in [0.5, 0.6) is 0 Å². The third-order valence-electron chi connectivity index (χ3n) is 3.49. The second-order valence-electron chi connectivity index (χ2n) is 4.60. The topological polar surface area (TPSA) is 88.0 Å². The number of nitrogens with one attached hydrogen (secondary N) is 1. The van der Waals surface area contributed by atoms with E-state index in [1.807, 2.05) is 6.26 Å². The highest BCUT2D eigenvalue weighted by Crippen LogP contribution is 2.42. The third kappa shape index (κ3) is 2.60. The summed E-state index contributed by atoms with van der Waals surface area (Å²) in [6, 6.07) is 0. The van der Waals surface area contributed by atoms with Crippen LogP contribution in [0.1, 0.15) is 25.7 Å². The molecule has 1 unspecified atom stereocenters. The Bertz CT molecular complexity index is 387. The molecule has 1 fully saturated rings. The van der Waals surface area contributed by atoms with E-state index in [1.54, 1.807) is 11.8 Å². The van der Waals surface area contributed by atoms with Crippen molar-refractivity contribution in [3.05, 3.63) is 0 Å². The summed E-state index contributed by atoms with van der Waals surface area (Å²) < 4.78 is 0.157. The van der Waals surface area contributed by atoms with E-state index in [-0.39, 0.29) is 22.8 Å². The molecule has 1 amide bonds. The Labute approximate surface area is 109 Å². The smallest absolute Gasteiger partial charge is 0.353 e. The molecule has 1 aliphatic heterocycles. The van der Waals surface area contributed by atoms with Crippen LogP contribution >= 0.6 is 11.8 Å². The highest BCUT2D eigenvalue weighted by Gasteiger charge is 2.38. The van der Waals surface area contributed by atoms with Crippen LogP contribution in [0.15, 0.2) is 5.16 Å². The van der Waals surface area contributed by atoms with Gasteiger partial charge in [-0.25, -0.2) is 4.79 Å². The zero-order valence-corrected chi connectivity index (χ0v) is 11.0. The molecule has 0 aromatic heterocycles. The van der Waals surface area contributed by atoms with E-state index in [0.717, 1.165) is 12.8 Å². The maximum Gasteiger partial charge on any atom is 0.353 e. The van der Waals surface area contributed by atoms with Gasteiger partial charge in [-0.15, -0.1) is 0 Å². The minimum Gasteiger partial charge on any atom is -0.477 e. The van der Waals surface area contributed by atoms with Gasteiger partial charge in [0.2, 0.25) is 6.10 Å². The van der Waals surface area contributed by atoms with Crippen molar-refractivity contribution in [2.24, 2.45) is 5.16 Å². The number of carbonyl (C=O) groups excluding carboxylic acids is 1. The first-order valence-corrected chi connectivity index (χ1v) is 7.08. The molecule has 0 aromatic rings. The molecule has 1 aliphatic carbocycles. The summed E-state index contributed by atoms with van der Waals surface area (Å²) >= 11 is 1.77. The molecular weight excluding hydrogens is 256 g/mol. The minimum atomic E-state index is -1.13. The molecule has 0 bridgehead atoms. The summed E-state index contributed by atoms with van der Waals surface area (Å²) in [6.07, 6.45) is 4.70. The molecule has 18 heavy (non-hydrogen) atoms. The number of rotatable bonds is 5. The fraction of sp³-hybridized carbons (Fsp3) is 0.727. The van der Waals surface area contributed by atoms with Gasteiger partial charge in [-0.1, -0.05) is 11.6 Å². The lowest BCUT2D eigenvalue weighted by molar-refractivity contribution is -0.131. The van der Waals surface area contributed by atoms with Gasteiger partial charge in [0.25, 0.3) is 5.91 Å². The van der Waals surface area contributed by atoms with Crippen molar-refractivity contribution in [3.63, 3.8) is 0 Å². The van der Waals surface area contributed by atoms with Gasteiger partial charge in [0, 0.05) is 17.7 Å². The summed E-state index contributed by atoms with van der Waals surface area (Å²) in [5.74, 6) is -1.42. The number of nitrogens with zero attached hydrogens (tertiary/aromatic N) is 1. The van der Waals surface area contributed by atoms with E-state index in [9.17, 15) is 9.59 Å². The normalized spacial score (nSPS) is 24.7.